The number of carboxylic acid groups (broad SMARTS) is 1. The van der Waals surface area contributed by atoms with Gasteiger partial charge in [-0.25, -0.2) is 4.79 Å². The lowest BCUT2D eigenvalue weighted by molar-refractivity contribution is -0.142. The first-order valence-electron chi connectivity index (χ1n) is 7.09. The molecule has 118 valence electrons. The lowest BCUT2D eigenvalue weighted by atomic mass is 10.1. The van der Waals surface area contributed by atoms with Crippen molar-refractivity contribution in [1.29, 1.82) is 0 Å². The van der Waals surface area contributed by atoms with Gasteiger partial charge in [0.25, 0.3) is 0 Å². The standard InChI is InChI=1S/C13H21N3O4S/c1-8-6-15(7-9(2)21-8)13(20)16-4-3-14-12(19)10(16)5-11(17)18/h8-10H,3-7H2,1-2H3,(H,14,19)(H,17,18). The van der Waals surface area contributed by atoms with Crippen molar-refractivity contribution in [3.63, 3.8) is 0 Å². The summed E-state index contributed by atoms with van der Waals surface area (Å²) in [5.74, 6) is -1.46. The first-order chi connectivity index (χ1) is 9.88. The number of carbonyl (C=O) groups is 3. The Kier molecular flexibility index (Phi) is 4.97. The fourth-order valence-electron chi connectivity index (χ4n) is 2.83. The van der Waals surface area contributed by atoms with E-state index in [1.807, 2.05) is 11.8 Å². The van der Waals surface area contributed by atoms with Crippen LogP contribution in [-0.2, 0) is 9.59 Å². The number of urea groups is 1. The van der Waals surface area contributed by atoms with Crippen LogP contribution in [0, 0.1) is 0 Å². The number of thioether (sulfide) groups is 1. The van der Waals surface area contributed by atoms with E-state index in [2.05, 4.69) is 19.2 Å². The van der Waals surface area contributed by atoms with Gasteiger partial charge in [-0.2, -0.15) is 11.8 Å². The van der Waals surface area contributed by atoms with Crippen molar-refractivity contribution in [2.45, 2.75) is 36.8 Å². The van der Waals surface area contributed by atoms with Crippen LogP contribution < -0.4 is 5.32 Å². The van der Waals surface area contributed by atoms with Gasteiger partial charge >= 0.3 is 12.0 Å². The predicted molar refractivity (Wildman–Crippen MR) is 79.2 cm³/mol. The second-order valence-corrected chi connectivity index (χ2v) is 7.42. The van der Waals surface area contributed by atoms with Crippen LogP contribution in [-0.4, -0.2) is 75.5 Å². The summed E-state index contributed by atoms with van der Waals surface area (Å²) >= 11 is 1.84. The molecule has 0 aromatic heterocycles. The minimum Gasteiger partial charge on any atom is -0.481 e. The number of rotatable bonds is 2. The highest BCUT2D eigenvalue weighted by molar-refractivity contribution is 8.00. The van der Waals surface area contributed by atoms with E-state index in [1.54, 1.807) is 4.90 Å². The van der Waals surface area contributed by atoms with Crippen molar-refractivity contribution in [1.82, 2.24) is 15.1 Å². The number of nitrogens with one attached hydrogen (secondary N) is 1. The number of hydrogen-bond donors (Lipinski definition) is 2. The van der Waals surface area contributed by atoms with Crippen molar-refractivity contribution in [2.24, 2.45) is 0 Å². The van der Waals surface area contributed by atoms with Gasteiger partial charge in [-0.05, 0) is 0 Å². The van der Waals surface area contributed by atoms with Gasteiger partial charge in [0.2, 0.25) is 5.91 Å². The summed E-state index contributed by atoms with van der Waals surface area (Å²) in [5.41, 5.74) is 0. The highest BCUT2D eigenvalue weighted by atomic mass is 32.2. The SMILES string of the molecule is CC1CN(C(=O)N2CCNC(=O)C2CC(=O)O)CC(C)S1. The highest BCUT2D eigenvalue weighted by Gasteiger charge is 2.38. The second-order valence-electron chi connectivity index (χ2n) is 5.54. The summed E-state index contributed by atoms with van der Waals surface area (Å²) in [5, 5.41) is 12.3. The zero-order valence-electron chi connectivity index (χ0n) is 12.2. The van der Waals surface area contributed by atoms with Crippen LogP contribution in [0.1, 0.15) is 20.3 Å². The summed E-state index contributed by atoms with van der Waals surface area (Å²) in [6, 6.07) is -1.14. The van der Waals surface area contributed by atoms with Crippen LogP contribution in [0.25, 0.3) is 0 Å². The Balaban J connectivity index is 2.11. The Morgan fingerprint density at radius 2 is 1.95 bits per heavy atom. The summed E-state index contributed by atoms with van der Waals surface area (Å²) in [6.45, 7) is 6.12. The molecule has 0 aromatic rings. The number of carboxylic acids is 1. The average molecular weight is 315 g/mol. The van der Waals surface area contributed by atoms with E-state index in [-0.39, 0.29) is 18.4 Å². The highest BCUT2D eigenvalue weighted by Crippen LogP contribution is 2.26. The molecule has 2 rings (SSSR count). The Labute approximate surface area is 128 Å². The van der Waals surface area contributed by atoms with E-state index >= 15 is 0 Å². The molecule has 2 aliphatic rings. The van der Waals surface area contributed by atoms with E-state index < -0.39 is 12.0 Å². The minimum absolute atomic E-state index is 0.227. The number of aliphatic carboxylic acids is 1. The van der Waals surface area contributed by atoms with Gasteiger partial charge in [0.05, 0.1) is 6.42 Å². The average Bonchev–Trinajstić information content (AvgIpc) is 2.38. The fourth-order valence-corrected chi connectivity index (χ4v) is 4.15. The Morgan fingerprint density at radius 1 is 1.33 bits per heavy atom. The molecule has 2 fully saturated rings. The molecule has 2 heterocycles. The van der Waals surface area contributed by atoms with Crippen LogP contribution in [0.4, 0.5) is 4.79 Å². The normalized spacial score (nSPS) is 30.0. The number of hydrogen-bond acceptors (Lipinski definition) is 4. The number of amides is 3. The van der Waals surface area contributed by atoms with Crippen molar-refractivity contribution in [3.8, 4) is 0 Å². The molecule has 0 saturated carbocycles. The Hall–Kier alpha value is -1.44. The van der Waals surface area contributed by atoms with E-state index in [9.17, 15) is 14.4 Å². The van der Waals surface area contributed by atoms with Gasteiger partial charge in [-0.3, -0.25) is 9.59 Å². The quantitative estimate of drug-likeness (QED) is 0.760. The van der Waals surface area contributed by atoms with E-state index in [0.717, 1.165) is 0 Å². The third kappa shape index (κ3) is 3.81. The zero-order valence-corrected chi connectivity index (χ0v) is 13.1. The molecule has 3 atom stereocenters. The van der Waals surface area contributed by atoms with Gasteiger partial charge in [-0.1, -0.05) is 13.8 Å². The van der Waals surface area contributed by atoms with Gasteiger partial charge in [0, 0.05) is 36.7 Å². The van der Waals surface area contributed by atoms with Crippen LogP contribution in [0.5, 0.6) is 0 Å². The molecule has 0 radical (unpaired) electrons. The maximum atomic E-state index is 12.7. The first-order valence-corrected chi connectivity index (χ1v) is 8.03. The topological polar surface area (TPSA) is 90.0 Å². The summed E-state index contributed by atoms with van der Waals surface area (Å²) in [7, 11) is 0. The third-order valence-electron chi connectivity index (χ3n) is 3.63. The number of piperazine rings is 1. The lowest BCUT2D eigenvalue weighted by Gasteiger charge is -2.41. The largest absolute Gasteiger partial charge is 0.481 e. The Morgan fingerprint density at radius 3 is 2.52 bits per heavy atom. The molecule has 3 unspecified atom stereocenters. The van der Waals surface area contributed by atoms with Gasteiger partial charge in [0.15, 0.2) is 0 Å². The molecule has 21 heavy (non-hydrogen) atoms. The monoisotopic (exact) mass is 315 g/mol. The number of carbonyl (C=O) groups excluding carboxylic acids is 2. The maximum absolute atomic E-state index is 12.7. The first kappa shape index (κ1) is 15.9. The van der Waals surface area contributed by atoms with Crippen LogP contribution in [0.2, 0.25) is 0 Å². The molecular weight excluding hydrogens is 294 g/mol. The predicted octanol–water partition coefficient (Wildman–Crippen LogP) is 0.207. The van der Waals surface area contributed by atoms with Crippen molar-refractivity contribution in [2.75, 3.05) is 26.2 Å². The molecule has 7 nitrogen and oxygen atoms in total. The molecule has 0 aromatic carbocycles. The third-order valence-corrected chi connectivity index (χ3v) is 4.86. The molecule has 8 heteroatoms. The lowest BCUT2D eigenvalue weighted by Crippen LogP contribution is -2.61. The van der Waals surface area contributed by atoms with Gasteiger partial charge in [-0.15, -0.1) is 0 Å². The smallest absolute Gasteiger partial charge is 0.320 e. The van der Waals surface area contributed by atoms with E-state index in [0.29, 0.717) is 36.7 Å². The second kappa shape index (κ2) is 6.55. The fraction of sp³-hybridized carbons (Fsp3) is 0.769. The van der Waals surface area contributed by atoms with E-state index in [4.69, 9.17) is 5.11 Å². The van der Waals surface area contributed by atoms with Gasteiger partial charge < -0.3 is 20.2 Å². The van der Waals surface area contributed by atoms with Crippen LogP contribution in [0.3, 0.4) is 0 Å². The molecule has 2 saturated heterocycles. The molecule has 2 aliphatic heterocycles. The summed E-state index contributed by atoms with van der Waals surface area (Å²) < 4.78 is 0. The maximum Gasteiger partial charge on any atom is 0.320 e. The van der Waals surface area contributed by atoms with Crippen molar-refractivity contribution >= 4 is 29.7 Å². The van der Waals surface area contributed by atoms with E-state index in [1.165, 1.54) is 4.90 Å². The summed E-state index contributed by atoms with van der Waals surface area (Å²) in [6.07, 6.45) is -0.356. The molecule has 2 N–H and O–H groups in total. The molecule has 0 bridgehead atoms. The number of nitrogens with zero attached hydrogens (tertiary/aromatic N) is 2. The molecular formula is C13H21N3O4S. The Bertz CT molecular complexity index is 435. The van der Waals surface area contributed by atoms with Crippen LogP contribution in [0.15, 0.2) is 0 Å². The molecule has 0 spiro atoms. The summed E-state index contributed by atoms with van der Waals surface area (Å²) in [4.78, 5) is 38.6. The van der Waals surface area contributed by atoms with Gasteiger partial charge in [0.1, 0.15) is 6.04 Å². The van der Waals surface area contributed by atoms with Crippen molar-refractivity contribution in [3.05, 3.63) is 0 Å². The molecule has 3 amide bonds. The van der Waals surface area contributed by atoms with Crippen molar-refractivity contribution < 1.29 is 19.5 Å². The van der Waals surface area contributed by atoms with Crippen LogP contribution >= 0.6 is 11.8 Å². The zero-order chi connectivity index (χ0) is 15.6. The molecule has 0 aliphatic carbocycles. The minimum atomic E-state index is -1.08.